The highest BCUT2D eigenvalue weighted by molar-refractivity contribution is 7.13. The van der Waals surface area contributed by atoms with Crippen LogP contribution in [-0.2, 0) is 9.59 Å². The van der Waals surface area contributed by atoms with Crippen LogP contribution in [0.5, 0.6) is 0 Å². The maximum Gasteiger partial charge on any atom is 0.224 e. The molecule has 1 unspecified atom stereocenters. The predicted molar refractivity (Wildman–Crippen MR) is 124 cm³/mol. The zero-order valence-corrected chi connectivity index (χ0v) is 19.7. The Labute approximate surface area is 188 Å². The van der Waals surface area contributed by atoms with Crippen molar-refractivity contribution < 1.29 is 14.7 Å². The molecule has 1 saturated carbocycles. The number of thiazole rings is 1. The number of aliphatic hydroxyl groups excluding tert-OH is 1. The Kier molecular flexibility index (Phi) is 6.98. The van der Waals surface area contributed by atoms with Gasteiger partial charge in [-0.2, -0.15) is 0 Å². The van der Waals surface area contributed by atoms with Gasteiger partial charge in [0.2, 0.25) is 5.91 Å². The minimum absolute atomic E-state index is 0.138. The summed E-state index contributed by atoms with van der Waals surface area (Å²) in [6.45, 7) is 9.65. The van der Waals surface area contributed by atoms with Gasteiger partial charge in [-0.25, -0.2) is 4.98 Å². The number of benzene rings is 1. The summed E-state index contributed by atoms with van der Waals surface area (Å²) >= 11 is 1.60. The first-order chi connectivity index (χ1) is 14.5. The van der Waals surface area contributed by atoms with E-state index in [1.807, 2.05) is 64.4 Å². The maximum absolute atomic E-state index is 13.0. The Morgan fingerprint density at radius 1 is 1.19 bits per heavy atom. The first-order valence-corrected chi connectivity index (χ1v) is 11.6. The largest absolute Gasteiger partial charge is 0.393 e. The van der Waals surface area contributed by atoms with Gasteiger partial charge >= 0.3 is 0 Å². The number of hydrogen-bond acceptors (Lipinski definition) is 6. The Morgan fingerprint density at radius 2 is 1.81 bits per heavy atom. The minimum atomic E-state index is -0.668. The predicted octanol–water partition coefficient (Wildman–Crippen LogP) is 3.63. The van der Waals surface area contributed by atoms with Crippen LogP contribution in [0.2, 0.25) is 0 Å². The number of nitrogens with zero attached hydrogens (tertiary/aromatic N) is 1. The van der Waals surface area contributed by atoms with Crippen molar-refractivity contribution in [1.29, 1.82) is 0 Å². The number of amides is 1. The van der Waals surface area contributed by atoms with E-state index in [-0.39, 0.29) is 30.6 Å². The molecule has 6 nitrogen and oxygen atoms in total. The molecule has 168 valence electrons. The molecular formula is C24H33N3O3S. The van der Waals surface area contributed by atoms with Gasteiger partial charge in [0.1, 0.15) is 0 Å². The lowest BCUT2D eigenvalue weighted by Crippen LogP contribution is -2.48. The van der Waals surface area contributed by atoms with Gasteiger partial charge in [0.05, 0.1) is 40.2 Å². The third-order valence-electron chi connectivity index (χ3n) is 6.26. The van der Waals surface area contributed by atoms with Crippen LogP contribution in [0, 0.1) is 24.2 Å². The molecule has 2 aromatic rings. The number of nitrogens with two attached hydrogens (primary N) is 1. The number of ketones is 1. The number of carbonyl (C=O) groups excluding carboxylic acids is 2. The molecule has 1 heterocycles. The number of hydrogen-bond donors (Lipinski definition) is 3. The Hall–Kier alpha value is -2.09. The number of nitrogens with one attached hydrogen (secondary N) is 1. The normalized spacial score (nSPS) is 23.4. The van der Waals surface area contributed by atoms with Crippen LogP contribution in [0.25, 0.3) is 10.4 Å². The van der Waals surface area contributed by atoms with Crippen LogP contribution < -0.4 is 11.1 Å². The van der Waals surface area contributed by atoms with Gasteiger partial charge in [0.25, 0.3) is 0 Å². The lowest BCUT2D eigenvalue weighted by Gasteiger charge is -2.30. The Bertz CT molecular complexity index is 932. The monoisotopic (exact) mass is 443 g/mol. The molecule has 0 aliphatic heterocycles. The van der Waals surface area contributed by atoms with E-state index in [1.165, 1.54) is 0 Å². The summed E-state index contributed by atoms with van der Waals surface area (Å²) in [7, 11) is 0. The van der Waals surface area contributed by atoms with E-state index in [2.05, 4.69) is 10.3 Å². The first-order valence-electron chi connectivity index (χ1n) is 10.8. The summed E-state index contributed by atoms with van der Waals surface area (Å²) in [5.74, 6) is -1.45. The SMILES string of the molecule is Cc1ncsc1-c1ccc([C@H](C)NC(=O)[C@@H]2C[C@@H](O)CC2C(=O)[C@H](N)C(C)(C)C)cc1. The number of carbonyl (C=O) groups is 2. The summed E-state index contributed by atoms with van der Waals surface area (Å²) in [5.41, 5.74) is 10.7. The number of aliphatic hydroxyl groups is 1. The fourth-order valence-corrected chi connectivity index (χ4v) is 4.99. The van der Waals surface area contributed by atoms with Gasteiger partial charge in [0, 0.05) is 5.92 Å². The van der Waals surface area contributed by atoms with Crippen molar-refractivity contribution in [2.45, 2.75) is 65.6 Å². The Balaban J connectivity index is 1.69. The van der Waals surface area contributed by atoms with Crippen molar-refractivity contribution in [2.24, 2.45) is 23.0 Å². The molecule has 0 saturated heterocycles. The average molecular weight is 444 g/mol. The fourth-order valence-electron chi connectivity index (χ4n) is 4.18. The molecule has 0 spiro atoms. The first kappa shape index (κ1) is 23.6. The van der Waals surface area contributed by atoms with Crippen LogP contribution in [0.4, 0.5) is 0 Å². The van der Waals surface area contributed by atoms with Crippen LogP contribution in [0.3, 0.4) is 0 Å². The lowest BCUT2D eigenvalue weighted by molar-refractivity contribution is -0.134. The quantitative estimate of drug-likeness (QED) is 0.632. The number of rotatable bonds is 6. The number of aromatic nitrogens is 1. The molecule has 1 amide bonds. The smallest absolute Gasteiger partial charge is 0.224 e. The van der Waals surface area contributed by atoms with E-state index in [0.29, 0.717) is 0 Å². The lowest BCUT2D eigenvalue weighted by atomic mass is 9.78. The molecule has 1 aliphatic carbocycles. The molecule has 0 radical (unpaired) electrons. The maximum atomic E-state index is 13.0. The van der Waals surface area contributed by atoms with Crippen molar-refractivity contribution in [2.75, 3.05) is 0 Å². The fraction of sp³-hybridized carbons (Fsp3) is 0.542. The highest BCUT2D eigenvalue weighted by Gasteiger charge is 2.45. The summed E-state index contributed by atoms with van der Waals surface area (Å²) in [6.07, 6.45) is -0.0815. The minimum Gasteiger partial charge on any atom is -0.393 e. The summed E-state index contributed by atoms with van der Waals surface area (Å²) in [4.78, 5) is 31.4. The summed E-state index contributed by atoms with van der Waals surface area (Å²) in [5, 5.41) is 13.2. The summed E-state index contributed by atoms with van der Waals surface area (Å²) < 4.78 is 0. The van der Waals surface area contributed by atoms with Crippen molar-refractivity contribution in [3.63, 3.8) is 0 Å². The van der Waals surface area contributed by atoms with E-state index >= 15 is 0 Å². The highest BCUT2D eigenvalue weighted by Crippen LogP contribution is 2.36. The van der Waals surface area contributed by atoms with Gasteiger partial charge in [-0.3, -0.25) is 9.59 Å². The van der Waals surface area contributed by atoms with Crippen LogP contribution in [0.1, 0.15) is 57.8 Å². The topological polar surface area (TPSA) is 105 Å². The van der Waals surface area contributed by atoms with E-state index in [0.717, 1.165) is 21.7 Å². The molecule has 7 heteroatoms. The second kappa shape index (κ2) is 9.18. The molecule has 1 aliphatic rings. The number of Topliss-reactive ketones (excluding diaryl/α,β-unsaturated/α-hetero) is 1. The zero-order chi connectivity index (χ0) is 22.9. The zero-order valence-electron chi connectivity index (χ0n) is 18.9. The Morgan fingerprint density at radius 3 is 2.35 bits per heavy atom. The molecule has 4 N–H and O–H groups in total. The van der Waals surface area contributed by atoms with Crippen LogP contribution >= 0.6 is 11.3 Å². The molecule has 1 aromatic heterocycles. The van der Waals surface area contributed by atoms with Crippen molar-refractivity contribution in [1.82, 2.24) is 10.3 Å². The highest BCUT2D eigenvalue weighted by atomic mass is 32.1. The standard InChI is InChI=1S/C24H33N3O3S/c1-13(15-6-8-16(9-7-15)21-14(2)26-12-31-21)27-23(30)19-11-17(28)10-18(19)20(29)22(25)24(3,4)5/h6-9,12-13,17-19,22,28H,10-11,25H2,1-5H3,(H,27,30)/t13-,17-,18?,19+,22-/m0/s1. The third-order valence-corrected chi connectivity index (χ3v) is 7.23. The van der Waals surface area contributed by atoms with Crippen LogP contribution in [0.15, 0.2) is 29.8 Å². The van der Waals surface area contributed by atoms with E-state index in [1.54, 1.807) is 11.3 Å². The molecule has 1 aromatic carbocycles. The average Bonchev–Trinajstić information content (AvgIpc) is 3.31. The van der Waals surface area contributed by atoms with Crippen LogP contribution in [-0.4, -0.2) is 33.9 Å². The van der Waals surface area contributed by atoms with Gasteiger partial charge in [-0.05, 0) is 43.2 Å². The van der Waals surface area contributed by atoms with Crippen molar-refractivity contribution in [3.8, 4) is 10.4 Å². The molecular weight excluding hydrogens is 410 g/mol. The molecule has 5 atom stereocenters. The third kappa shape index (κ3) is 5.22. The van der Waals surface area contributed by atoms with Gasteiger partial charge in [-0.1, -0.05) is 45.0 Å². The molecule has 1 fully saturated rings. The van der Waals surface area contributed by atoms with Gasteiger partial charge < -0.3 is 16.2 Å². The van der Waals surface area contributed by atoms with Crippen molar-refractivity contribution >= 4 is 23.0 Å². The summed E-state index contributed by atoms with van der Waals surface area (Å²) in [6, 6.07) is 7.19. The molecule has 0 bridgehead atoms. The van der Waals surface area contributed by atoms with Gasteiger partial charge in [-0.15, -0.1) is 11.3 Å². The molecule has 31 heavy (non-hydrogen) atoms. The van der Waals surface area contributed by atoms with E-state index in [9.17, 15) is 14.7 Å². The van der Waals surface area contributed by atoms with E-state index < -0.39 is 29.4 Å². The van der Waals surface area contributed by atoms with Gasteiger partial charge in [0.15, 0.2) is 5.78 Å². The van der Waals surface area contributed by atoms with Crippen molar-refractivity contribution in [3.05, 3.63) is 41.0 Å². The number of aryl methyl sites for hydroxylation is 1. The molecule has 3 rings (SSSR count). The second-order valence-electron chi connectivity index (χ2n) is 9.70. The second-order valence-corrected chi connectivity index (χ2v) is 10.6. The van der Waals surface area contributed by atoms with E-state index in [4.69, 9.17) is 5.73 Å².